The minimum atomic E-state index is -0.671. The molecule has 2 rings (SSSR count). The number of likely N-dealkylation sites (tertiary alicyclic amines) is 1. The van der Waals surface area contributed by atoms with E-state index in [1.807, 2.05) is 6.92 Å². The fourth-order valence-corrected chi connectivity index (χ4v) is 5.72. The van der Waals surface area contributed by atoms with Gasteiger partial charge in [0.25, 0.3) is 0 Å². The molecule has 5 nitrogen and oxygen atoms in total. The van der Waals surface area contributed by atoms with E-state index in [4.69, 9.17) is 4.99 Å². The van der Waals surface area contributed by atoms with Crippen molar-refractivity contribution in [2.45, 2.75) is 95.9 Å². The van der Waals surface area contributed by atoms with Crippen molar-refractivity contribution in [2.24, 2.45) is 4.99 Å². The standard InChI is InChI=1S/C21H42N4OS/c1-4-22-21(24-19-12-10-13-20(17-19)27(26)5-2)23-14-7-9-16-25-15-8-6-11-18(25)3/h18-20H,4-17H2,1-3H3,(H2,22,23,24). The van der Waals surface area contributed by atoms with Crippen LogP contribution in [-0.2, 0) is 10.8 Å². The van der Waals surface area contributed by atoms with Gasteiger partial charge in [0.05, 0.1) is 0 Å². The van der Waals surface area contributed by atoms with Crippen LogP contribution in [-0.4, -0.2) is 64.3 Å². The zero-order valence-corrected chi connectivity index (χ0v) is 18.7. The van der Waals surface area contributed by atoms with E-state index in [1.165, 1.54) is 45.2 Å². The second-order valence-electron chi connectivity index (χ2n) is 8.15. The molecule has 6 heteroatoms. The third-order valence-electron chi connectivity index (χ3n) is 6.03. The van der Waals surface area contributed by atoms with Gasteiger partial charge in [0.2, 0.25) is 0 Å². The highest BCUT2D eigenvalue weighted by Gasteiger charge is 2.26. The predicted octanol–water partition coefficient (Wildman–Crippen LogP) is 3.28. The van der Waals surface area contributed by atoms with Crippen molar-refractivity contribution in [1.82, 2.24) is 15.5 Å². The molecular weight excluding hydrogens is 356 g/mol. The summed E-state index contributed by atoms with van der Waals surface area (Å²) in [6, 6.07) is 1.17. The quantitative estimate of drug-likeness (QED) is 0.355. The predicted molar refractivity (Wildman–Crippen MR) is 118 cm³/mol. The SMILES string of the molecule is CCNC(=NCCCCN1CCCCC1C)NC1CCCC(S(=O)CC)C1. The zero-order chi connectivity index (χ0) is 19.5. The molecular formula is C21H42N4OS. The maximum absolute atomic E-state index is 12.2. The number of aliphatic imine (C=N–C) groups is 1. The van der Waals surface area contributed by atoms with Crippen LogP contribution in [0.1, 0.15) is 78.6 Å². The van der Waals surface area contributed by atoms with E-state index < -0.39 is 10.8 Å². The van der Waals surface area contributed by atoms with Gasteiger partial charge in [-0.1, -0.05) is 19.8 Å². The van der Waals surface area contributed by atoms with Gasteiger partial charge in [-0.05, 0) is 71.9 Å². The normalized spacial score (nSPS) is 28.7. The number of hydrogen-bond acceptors (Lipinski definition) is 3. The summed E-state index contributed by atoms with van der Waals surface area (Å²) < 4.78 is 12.2. The Morgan fingerprint density at radius 3 is 2.74 bits per heavy atom. The Hall–Kier alpha value is -0.620. The van der Waals surface area contributed by atoms with Gasteiger partial charge in [0.15, 0.2) is 5.96 Å². The third kappa shape index (κ3) is 8.10. The second-order valence-corrected chi connectivity index (χ2v) is 10.2. The average molecular weight is 399 g/mol. The van der Waals surface area contributed by atoms with Crippen molar-refractivity contribution in [3.8, 4) is 0 Å². The van der Waals surface area contributed by atoms with Crippen molar-refractivity contribution in [3.63, 3.8) is 0 Å². The monoisotopic (exact) mass is 398 g/mol. The minimum absolute atomic E-state index is 0.357. The van der Waals surface area contributed by atoms with E-state index >= 15 is 0 Å². The molecule has 1 heterocycles. The van der Waals surface area contributed by atoms with Crippen LogP contribution in [0, 0.1) is 0 Å². The summed E-state index contributed by atoms with van der Waals surface area (Å²) in [4.78, 5) is 7.44. The first-order valence-corrected chi connectivity index (χ1v) is 12.7. The van der Waals surface area contributed by atoms with Crippen molar-refractivity contribution < 1.29 is 4.21 Å². The van der Waals surface area contributed by atoms with Crippen LogP contribution in [0.2, 0.25) is 0 Å². The topological polar surface area (TPSA) is 56.7 Å². The number of nitrogens with one attached hydrogen (secondary N) is 2. The summed E-state index contributed by atoms with van der Waals surface area (Å²) in [6.07, 6.45) is 10.9. The van der Waals surface area contributed by atoms with Crippen molar-refractivity contribution in [2.75, 3.05) is 31.9 Å². The Kier molecular flexibility index (Phi) is 10.7. The molecule has 0 spiro atoms. The molecule has 0 amide bonds. The summed E-state index contributed by atoms with van der Waals surface area (Å²) in [6.45, 7) is 10.8. The zero-order valence-electron chi connectivity index (χ0n) is 17.8. The highest BCUT2D eigenvalue weighted by Crippen LogP contribution is 2.23. The maximum atomic E-state index is 12.2. The molecule has 0 radical (unpaired) electrons. The summed E-state index contributed by atoms with van der Waals surface area (Å²) in [5.41, 5.74) is 0. The molecule has 2 N–H and O–H groups in total. The Balaban J connectivity index is 1.72. The Bertz CT molecular complexity index is 471. The smallest absolute Gasteiger partial charge is 0.191 e. The minimum Gasteiger partial charge on any atom is -0.357 e. The van der Waals surface area contributed by atoms with Gasteiger partial charge in [-0.2, -0.15) is 0 Å². The van der Waals surface area contributed by atoms with E-state index in [-0.39, 0.29) is 0 Å². The largest absolute Gasteiger partial charge is 0.357 e. The van der Waals surface area contributed by atoms with Gasteiger partial charge in [0.1, 0.15) is 0 Å². The Labute approximate surface area is 169 Å². The molecule has 0 bridgehead atoms. The first-order valence-electron chi connectivity index (χ1n) is 11.3. The Morgan fingerprint density at radius 2 is 2.00 bits per heavy atom. The molecule has 158 valence electrons. The van der Waals surface area contributed by atoms with Crippen LogP contribution in [0.15, 0.2) is 4.99 Å². The van der Waals surface area contributed by atoms with Crippen LogP contribution in [0.3, 0.4) is 0 Å². The average Bonchev–Trinajstić information content (AvgIpc) is 2.68. The summed E-state index contributed by atoms with van der Waals surface area (Å²) in [7, 11) is -0.671. The van der Waals surface area contributed by atoms with Gasteiger partial charge < -0.3 is 15.5 Å². The second kappa shape index (κ2) is 12.8. The molecule has 1 aliphatic heterocycles. The van der Waals surface area contributed by atoms with Crippen molar-refractivity contribution >= 4 is 16.8 Å². The molecule has 2 aliphatic rings. The molecule has 1 aliphatic carbocycles. The van der Waals surface area contributed by atoms with E-state index in [9.17, 15) is 4.21 Å². The molecule has 1 saturated carbocycles. The molecule has 4 atom stereocenters. The molecule has 0 aromatic heterocycles. The highest BCUT2D eigenvalue weighted by molar-refractivity contribution is 7.85. The van der Waals surface area contributed by atoms with Crippen LogP contribution in [0.25, 0.3) is 0 Å². The number of unbranched alkanes of at least 4 members (excludes halogenated alkanes) is 1. The van der Waals surface area contributed by atoms with Crippen LogP contribution in [0.4, 0.5) is 0 Å². The van der Waals surface area contributed by atoms with Crippen molar-refractivity contribution in [3.05, 3.63) is 0 Å². The number of nitrogens with zero attached hydrogens (tertiary/aromatic N) is 2. The lowest BCUT2D eigenvalue weighted by Crippen LogP contribution is -2.46. The van der Waals surface area contributed by atoms with E-state index in [0.717, 1.165) is 56.5 Å². The first-order chi connectivity index (χ1) is 13.1. The lowest BCUT2D eigenvalue weighted by molar-refractivity contribution is 0.158. The molecule has 0 aromatic carbocycles. The maximum Gasteiger partial charge on any atom is 0.191 e. The molecule has 1 saturated heterocycles. The first kappa shape index (κ1) is 22.7. The van der Waals surface area contributed by atoms with Crippen molar-refractivity contribution in [1.29, 1.82) is 0 Å². The lowest BCUT2D eigenvalue weighted by atomic mass is 9.95. The number of guanidine groups is 1. The molecule has 2 fully saturated rings. The fraction of sp³-hybridized carbons (Fsp3) is 0.952. The molecule has 0 aromatic rings. The number of rotatable bonds is 9. The fourth-order valence-electron chi connectivity index (χ4n) is 4.37. The van der Waals surface area contributed by atoms with Crippen LogP contribution >= 0.6 is 0 Å². The molecule has 27 heavy (non-hydrogen) atoms. The van der Waals surface area contributed by atoms with E-state index in [0.29, 0.717) is 11.3 Å². The summed E-state index contributed by atoms with van der Waals surface area (Å²) >= 11 is 0. The van der Waals surface area contributed by atoms with Gasteiger partial charge in [-0.15, -0.1) is 0 Å². The number of hydrogen-bond donors (Lipinski definition) is 2. The lowest BCUT2D eigenvalue weighted by Gasteiger charge is -2.33. The highest BCUT2D eigenvalue weighted by atomic mass is 32.2. The van der Waals surface area contributed by atoms with E-state index in [1.54, 1.807) is 0 Å². The van der Waals surface area contributed by atoms with Crippen LogP contribution < -0.4 is 10.6 Å². The third-order valence-corrected chi connectivity index (χ3v) is 7.77. The van der Waals surface area contributed by atoms with E-state index in [2.05, 4.69) is 29.4 Å². The van der Waals surface area contributed by atoms with Gasteiger partial charge in [0, 0.05) is 47.0 Å². The molecule has 4 unspecified atom stereocenters. The van der Waals surface area contributed by atoms with Crippen LogP contribution in [0.5, 0.6) is 0 Å². The Morgan fingerprint density at radius 1 is 1.15 bits per heavy atom. The number of piperidine rings is 1. The van der Waals surface area contributed by atoms with Gasteiger partial charge in [-0.25, -0.2) is 0 Å². The van der Waals surface area contributed by atoms with Gasteiger partial charge in [-0.3, -0.25) is 9.20 Å². The summed E-state index contributed by atoms with van der Waals surface area (Å²) in [5.74, 6) is 1.72. The van der Waals surface area contributed by atoms with Gasteiger partial charge >= 0.3 is 0 Å². The summed E-state index contributed by atoms with van der Waals surface area (Å²) in [5, 5.41) is 7.35.